The topological polar surface area (TPSA) is 41.9 Å². The molecule has 0 bridgehead atoms. The van der Waals surface area contributed by atoms with Gasteiger partial charge in [-0.1, -0.05) is 56.2 Å². The Kier molecular flexibility index (Phi) is 6.07. The fourth-order valence-electron chi connectivity index (χ4n) is 3.51. The van der Waals surface area contributed by atoms with Gasteiger partial charge in [0.25, 0.3) is 5.91 Å². The van der Waals surface area contributed by atoms with Crippen molar-refractivity contribution >= 4 is 12.2 Å². The zero-order chi connectivity index (χ0) is 20.1. The van der Waals surface area contributed by atoms with Crippen LogP contribution in [0.15, 0.2) is 53.5 Å². The summed E-state index contributed by atoms with van der Waals surface area (Å²) in [6.07, 6.45) is 5.83. The number of likely N-dealkylation sites (N-methyl/N-ethyl adjacent to an activating group) is 1. The normalized spacial score (nSPS) is 18.9. The van der Waals surface area contributed by atoms with Gasteiger partial charge in [0, 0.05) is 7.05 Å². The van der Waals surface area contributed by atoms with Gasteiger partial charge >= 0.3 is 6.61 Å². The van der Waals surface area contributed by atoms with E-state index < -0.39 is 12.2 Å². The van der Waals surface area contributed by atoms with Crippen LogP contribution >= 0.6 is 0 Å². The molecule has 0 radical (unpaired) electrons. The molecule has 2 aromatic rings. The summed E-state index contributed by atoms with van der Waals surface area (Å²) < 4.78 is 29.3. The van der Waals surface area contributed by atoms with Crippen LogP contribution in [-0.2, 0) is 16.8 Å². The standard InChI is InChI=1S/C22H24F2N2O2/c1-3-4-5-7-16-8-6-9-18(14-16)22(20(27)26(2)15-25-22)17-10-12-19(13-11-17)28-21(23)24/h6,8-15,21H,3-5,7H2,1-2H3. The fraction of sp³-hybridized carbons (Fsp3) is 0.364. The number of hydrogen-bond acceptors (Lipinski definition) is 3. The van der Waals surface area contributed by atoms with Crippen molar-refractivity contribution in [3.05, 3.63) is 65.2 Å². The Morgan fingerprint density at radius 3 is 2.46 bits per heavy atom. The quantitative estimate of drug-likeness (QED) is 0.614. The lowest BCUT2D eigenvalue weighted by molar-refractivity contribution is -0.129. The Balaban J connectivity index is 2.00. The molecule has 1 aliphatic rings. The molecule has 4 nitrogen and oxygen atoms in total. The van der Waals surface area contributed by atoms with Gasteiger partial charge in [-0.25, -0.2) is 4.99 Å². The molecule has 0 spiro atoms. The first-order chi connectivity index (χ1) is 13.5. The van der Waals surface area contributed by atoms with Crippen LogP contribution in [0.3, 0.4) is 0 Å². The van der Waals surface area contributed by atoms with Crippen LogP contribution in [-0.4, -0.2) is 30.8 Å². The lowest BCUT2D eigenvalue weighted by Gasteiger charge is -2.27. The number of carbonyl (C=O) groups is 1. The molecule has 0 fully saturated rings. The molecule has 0 N–H and O–H groups in total. The molecule has 1 atom stereocenters. The van der Waals surface area contributed by atoms with Crippen molar-refractivity contribution < 1.29 is 18.3 Å². The summed E-state index contributed by atoms with van der Waals surface area (Å²) in [7, 11) is 1.66. The average molecular weight is 386 g/mol. The highest BCUT2D eigenvalue weighted by molar-refractivity contribution is 6.03. The van der Waals surface area contributed by atoms with Crippen molar-refractivity contribution in [1.82, 2.24) is 4.90 Å². The van der Waals surface area contributed by atoms with E-state index in [1.807, 2.05) is 18.2 Å². The first-order valence-electron chi connectivity index (χ1n) is 9.44. The maximum atomic E-state index is 13.1. The molecule has 0 saturated carbocycles. The van der Waals surface area contributed by atoms with Crippen LogP contribution in [0.2, 0.25) is 0 Å². The predicted molar refractivity (Wildman–Crippen MR) is 105 cm³/mol. The van der Waals surface area contributed by atoms with E-state index >= 15 is 0 Å². The second-order valence-electron chi connectivity index (χ2n) is 6.93. The highest BCUT2D eigenvalue weighted by atomic mass is 19.3. The van der Waals surface area contributed by atoms with Crippen LogP contribution in [0.25, 0.3) is 0 Å². The third-order valence-corrected chi connectivity index (χ3v) is 4.97. The zero-order valence-electron chi connectivity index (χ0n) is 16.1. The van der Waals surface area contributed by atoms with Gasteiger partial charge in [-0.3, -0.25) is 4.79 Å². The maximum Gasteiger partial charge on any atom is 0.387 e. The Labute approximate surface area is 163 Å². The highest BCUT2D eigenvalue weighted by Crippen LogP contribution is 2.39. The van der Waals surface area contributed by atoms with E-state index in [1.54, 1.807) is 19.2 Å². The highest BCUT2D eigenvalue weighted by Gasteiger charge is 2.46. The van der Waals surface area contributed by atoms with Crippen molar-refractivity contribution in [3.63, 3.8) is 0 Å². The number of aliphatic imine (C=N–C) groups is 1. The van der Waals surface area contributed by atoms with Gasteiger partial charge in [0.1, 0.15) is 5.75 Å². The van der Waals surface area contributed by atoms with Gasteiger partial charge in [-0.2, -0.15) is 8.78 Å². The zero-order valence-corrected chi connectivity index (χ0v) is 16.1. The van der Waals surface area contributed by atoms with E-state index in [2.05, 4.69) is 22.7 Å². The number of amides is 1. The second-order valence-corrected chi connectivity index (χ2v) is 6.93. The van der Waals surface area contributed by atoms with E-state index in [4.69, 9.17) is 0 Å². The lowest BCUT2D eigenvalue weighted by Crippen LogP contribution is -2.38. The molecule has 0 aromatic heterocycles. The van der Waals surface area contributed by atoms with Gasteiger partial charge < -0.3 is 9.64 Å². The summed E-state index contributed by atoms with van der Waals surface area (Å²) in [6, 6.07) is 14.0. The van der Waals surface area contributed by atoms with Gasteiger partial charge in [-0.15, -0.1) is 0 Å². The summed E-state index contributed by atoms with van der Waals surface area (Å²) in [6.45, 7) is -0.730. The predicted octanol–water partition coefficient (Wildman–Crippen LogP) is 4.76. The third kappa shape index (κ3) is 3.91. The number of hydrogen-bond donors (Lipinski definition) is 0. The van der Waals surface area contributed by atoms with Crippen molar-refractivity contribution in [1.29, 1.82) is 0 Å². The maximum absolute atomic E-state index is 13.1. The average Bonchev–Trinajstić information content (AvgIpc) is 2.98. The minimum atomic E-state index is -2.89. The molecular formula is C22H24F2N2O2. The largest absolute Gasteiger partial charge is 0.435 e. The van der Waals surface area contributed by atoms with E-state index in [-0.39, 0.29) is 11.7 Å². The monoisotopic (exact) mass is 386 g/mol. The van der Waals surface area contributed by atoms with Gasteiger partial charge in [-0.05, 0) is 41.7 Å². The molecule has 148 valence electrons. The van der Waals surface area contributed by atoms with Gasteiger partial charge in [0.2, 0.25) is 0 Å². The van der Waals surface area contributed by atoms with Crippen molar-refractivity contribution in [2.45, 2.75) is 44.8 Å². The molecule has 0 saturated heterocycles. The molecule has 3 rings (SSSR count). The van der Waals surface area contributed by atoms with Crippen LogP contribution in [0.1, 0.15) is 42.9 Å². The first-order valence-corrected chi connectivity index (χ1v) is 9.44. The van der Waals surface area contributed by atoms with Crippen LogP contribution in [0, 0.1) is 0 Å². The van der Waals surface area contributed by atoms with E-state index in [9.17, 15) is 13.6 Å². The summed E-state index contributed by atoms with van der Waals surface area (Å²) >= 11 is 0. The van der Waals surface area contributed by atoms with E-state index in [1.165, 1.54) is 23.4 Å². The minimum absolute atomic E-state index is 0.0463. The second kappa shape index (κ2) is 8.50. The molecule has 1 heterocycles. The number of halogens is 2. The lowest BCUT2D eigenvalue weighted by atomic mass is 9.82. The summed E-state index contributed by atoms with van der Waals surface area (Å²) in [5.41, 5.74) is 1.33. The molecule has 1 unspecified atom stereocenters. The first kappa shape index (κ1) is 20.0. The number of rotatable bonds is 8. The van der Waals surface area contributed by atoms with Gasteiger partial charge in [0.15, 0.2) is 5.54 Å². The van der Waals surface area contributed by atoms with Crippen molar-refractivity contribution in [3.8, 4) is 5.75 Å². The Morgan fingerprint density at radius 2 is 1.86 bits per heavy atom. The van der Waals surface area contributed by atoms with Crippen LogP contribution < -0.4 is 4.74 Å². The van der Waals surface area contributed by atoms with Crippen molar-refractivity contribution in [2.24, 2.45) is 4.99 Å². The van der Waals surface area contributed by atoms with E-state index in [0.717, 1.165) is 36.8 Å². The molecule has 2 aromatic carbocycles. The number of alkyl halides is 2. The fourth-order valence-corrected chi connectivity index (χ4v) is 3.51. The number of carbonyl (C=O) groups excluding carboxylic acids is 1. The third-order valence-electron chi connectivity index (χ3n) is 4.97. The minimum Gasteiger partial charge on any atom is -0.435 e. The smallest absolute Gasteiger partial charge is 0.387 e. The number of aryl methyl sites for hydroxylation is 1. The van der Waals surface area contributed by atoms with Crippen molar-refractivity contribution in [2.75, 3.05) is 7.05 Å². The molecule has 1 amide bonds. The number of ether oxygens (including phenoxy) is 1. The van der Waals surface area contributed by atoms with E-state index in [0.29, 0.717) is 5.56 Å². The molecule has 6 heteroatoms. The van der Waals surface area contributed by atoms with Crippen LogP contribution in [0.5, 0.6) is 5.75 Å². The number of nitrogens with zero attached hydrogens (tertiary/aromatic N) is 2. The Bertz CT molecular complexity index is 852. The summed E-state index contributed by atoms with van der Waals surface area (Å²) in [5.74, 6) is -0.134. The Morgan fingerprint density at radius 1 is 1.11 bits per heavy atom. The number of benzene rings is 2. The molecule has 0 aliphatic carbocycles. The summed E-state index contributed by atoms with van der Waals surface area (Å²) in [4.78, 5) is 19.1. The number of unbranched alkanes of at least 4 members (excludes halogenated alkanes) is 2. The summed E-state index contributed by atoms with van der Waals surface area (Å²) in [5, 5.41) is 0. The van der Waals surface area contributed by atoms with Gasteiger partial charge in [0.05, 0.1) is 6.34 Å². The SMILES string of the molecule is CCCCCc1cccc(C2(c3ccc(OC(F)F)cc3)N=CN(C)C2=O)c1. The molecule has 1 aliphatic heterocycles. The van der Waals surface area contributed by atoms with Crippen LogP contribution in [0.4, 0.5) is 8.78 Å². The molecule has 28 heavy (non-hydrogen) atoms. The molecular weight excluding hydrogens is 362 g/mol. The Hall–Kier alpha value is -2.76.